The number of anilines is 1. The lowest BCUT2D eigenvalue weighted by atomic mass is 10.1. The number of nitrogens with zero attached hydrogens (tertiary/aromatic N) is 2. The number of imidazole rings is 1. The molecule has 28 heavy (non-hydrogen) atoms. The smallest absolute Gasteiger partial charge is 0.244 e. The fourth-order valence-electron chi connectivity index (χ4n) is 3.47. The summed E-state index contributed by atoms with van der Waals surface area (Å²) in [5, 5.41) is 10.7. The monoisotopic (exact) mass is 386 g/mol. The van der Waals surface area contributed by atoms with Gasteiger partial charge in [-0.05, 0) is 40.4 Å². The second-order valence-corrected chi connectivity index (χ2v) is 7.50. The second kappa shape index (κ2) is 7.05. The first-order chi connectivity index (χ1) is 13.8. The molecule has 2 N–H and O–H groups in total. The standard InChI is InChI=1S/C22H18N4OS/c27-21(24-17-10-9-15-5-1-2-6-16(15)11-17)12-26-20-8-4-3-7-18(20)25-22(26)19-13-28-14-23-19/h1-11,13,23H,12,14H2,(H,24,27). The van der Waals surface area contributed by atoms with Gasteiger partial charge in [-0.25, -0.2) is 4.98 Å². The number of nitrogens with one attached hydrogen (secondary N) is 2. The van der Waals surface area contributed by atoms with Gasteiger partial charge in [0.1, 0.15) is 6.54 Å². The number of amides is 1. The fraction of sp³-hybridized carbons (Fsp3) is 0.0909. The highest BCUT2D eigenvalue weighted by Gasteiger charge is 2.18. The van der Waals surface area contributed by atoms with E-state index in [0.717, 1.165) is 44.9 Å². The van der Waals surface area contributed by atoms with Crippen LogP contribution in [-0.2, 0) is 11.3 Å². The molecule has 2 heterocycles. The van der Waals surface area contributed by atoms with Crippen LogP contribution in [-0.4, -0.2) is 21.3 Å². The molecule has 4 aromatic rings. The molecule has 3 aromatic carbocycles. The van der Waals surface area contributed by atoms with Gasteiger partial charge in [-0.15, -0.1) is 11.8 Å². The Labute approximate surface area is 166 Å². The number of hydrogen-bond acceptors (Lipinski definition) is 4. The predicted octanol–water partition coefficient (Wildman–Crippen LogP) is 4.42. The summed E-state index contributed by atoms with van der Waals surface area (Å²) in [7, 11) is 0. The molecule has 0 aliphatic carbocycles. The topological polar surface area (TPSA) is 59.0 Å². The Balaban J connectivity index is 1.45. The van der Waals surface area contributed by atoms with Crippen molar-refractivity contribution in [1.29, 1.82) is 0 Å². The van der Waals surface area contributed by atoms with Crippen molar-refractivity contribution in [3.05, 3.63) is 78.0 Å². The largest absolute Gasteiger partial charge is 0.372 e. The first-order valence-corrected chi connectivity index (χ1v) is 10.1. The Morgan fingerprint density at radius 3 is 2.75 bits per heavy atom. The van der Waals surface area contributed by atoms with E-state index in [-0.39, 0.29) is 12.5 Å². The molecular weight excluding hydrogens is 368 g/mol. The van der Waals surface area contributed by atoms with Crippen LogP contribution in [0.1, 0.15) is 5.82 Å². The molecule has 1 aliphatic heterocycles. The van der Waals surface area contributed by atoms with E-state index in [0.29, 0.717) is 0 Å². The first-order valence-electron chi connectivity index (χ1n) is 9.08. The number of carbonyl (C=O) groups is 1. The zero-order chi connectivity index (χ0) is 18.9. The maximum Gasteiger partial charge on any atom is 0.244 e. The number of carbonyl (C=O) groups excluding carboxylic acids is 1. The van der Waals surface area contributed by atoms with Crippen molar-refractivity contribution in [1.82, 2.24) is 14.9 Å². The SMILES string of the molecule is O=C(Cn1c(C2=CSCN2)nc2ccccc21)Nc1ccc2ccccc2c1. The summed E-state index contributed by atoms with van der Waals surface area (Å²) < 4.78 is 1.97. The van der Waals surface area contributed by atoms with Crippen LogP contribution >= 0.6 is 11.8 Å². The van der Waals surface area contributed by atoms with Gasteiger partial charge in [0.2, 0.25) is 5.91 Å². The second-order valence-electron chi connectivity index (χ2n) is 6.64. The molecular formula is C22H18N4OS. The average molecular weight is 386 g/mol. The molecule has 0 spiro atoms. The Morgan fingerprint density at radius 2 is 1.89 bits per heavy atom. The normalized spacial score (nSPS) is 13.5. The molecule has 0 radical (unpaired) electrons. The summed E-state index contributed by atoms with van der Waals surface area (Å²) in [4.78, 5) is 17.6. The Hall–Kier alpha value is -3.25. The molecule has 5 rings (SSSR count). The maximum absolute atomic E-state index is 12.8. The molecule has 1 amide bonds. The zero-order valence-corrected chi connectivity index (χ0v) is 15.9. The van der Waals surface area contributed by atoms with Crippen LogP contribution in [0.15, 0.2) is 72.1 Å². The molecule has 0 fully saturated rings. The highest BCUT2D eigenvalue weighted by molar-refractivity contribution is 8.02. The lowest BCUT2D eigenvalue weighted by molar-refractivity contribution is -0.116. The highest BCUT2D eigenvalue weighted by Crippen LogP contribution is 2.26. The van der Waals surface area contributed by atoms with E-state index >= 15 is 0 Å². The summed E-state index contributed by atoms with van der Waals surface area (Å²) >= 11 is 1.69. The third kappa shape index (κ3) is 3.12. The van der Waals surface area contributed by atoms with Gasteiger partial charge in [-0.1, -0.05) is 42.5 Å². The van der Waals surface area contributed by atoms with Crippen LogP contribution in [0.2, 0.25) is 0 Å². The maximum atomic E-state index is 12.8. The van der Waals surface area contributed by atoms with E-state index in [2.05, 4.69) is 22.1 Å². The Morgan fingerprint density at radius 1 is 1.07 bits per heavy atom. The Bertz CT molecular complexity index is 1230. The van der Waals surface area contributed by atoms with Crippen LogP contribution in [0, 0.1) is 0 Å². The third-order valence-corrected chi connectivity index (χ3v) is 5.49. The van der Waals surface area contributed by atoms with Crippen LogP contribution in [0.25, 0.3) is 27.5 Å². The quantitative estimate of drug-likeness (QED) is 0.545. The van der Waals surface area contributed by atoms with Crippen molar-refractivity contribution in [3.63, 3.8) is 0 Å². The van der Waals surface area contributed by atoms with Gasteiger partial charge in [0.25, 0.3) is 0 Å². The van der Waals surface area contributed by atoms with Crippen molar-refractivity contribution in [2.75, 3.05) is 11.2 Å². The van der Waals surface area contributed by atoms with Crippen LogP contribution < -0.4 is 10.6 Å². The minimum absolute atomic E-state index is 0.0778. The summed E-state index contributed by atoms with van der Waals surface area (Å²) in [5.41, 5.74) is 3.59. The van der Waals surface area contributed by atoms with Crippen LogP contribution in [0.3, 0.4) is 0 Å². The number of rotatable bonds is 4. The van der Waals surface area contributed by atoms with Gasteiger partial charge in [-0.3, -0.25) is 4.79 Å². The highest BCUT2D eigenvalue weighted by atomic mass is 32.2. The number of hydrogen-bond donors (Lipinski definition) is 2. The first kappa shape index (κ1) is 16.9. The van der Waals surface area contributed by atoms with Crippen molar-refractivity contribution in [2.45, 2.75) is 6.54 Å². The number of benzene rings is 3. The molecule has 0 saturated carbocycles. The van der Waals surface area contributed by atoms with E-state index in [1.807, 2.05) is 65.2 Å². The number of thioether (sulfide) groups is 1. The van der Waals surface area contributed by atoms with Crippen LogP contribution in [0.5, 0.6) is 0 Å². The minimum atomic E-state index is -0.0778. The van der Waals surface area contributed by atoms with E-state index in [9.17, 15) is 4.79 Å². The van der Waals surface area contributed by atoms with Gasteiger partial charge in [0.15, 0.2) is 5.82 Å². The predicted molar refractivity (Wildman–Crippen MR) is 116 cm³/mol. The van der Waals surface area contributed by atoms with E-state index < -0.39 is 0 Å². The molecule has 1 aliphatic rings. The Kier molecular flexibility index (Phi) is 4.25. The van der Waals surface area contributed by atoms with E-state index in [1.54, 1.807) is 11.8 Å². The van der Waals surface area contributed by atoms with Gasteiger partial charge >= 0.3 is 0 Å². The lowest BCUT2D eigenvalue weighted by Gasteiger charge is -2.11. The summed E-state index contributed by atoms with van der Waals surface area (Å²) in [6, 6.07) is 22.0. The van der Waals surface area contributed by atoms with E-state index in [1.165, 1.54) is 0 Å². The molecule has 5 nitrogen and oxygen atoms in total. The zero-order valence-electron chi connectivity index (χ0n) is 15.1. The molecule has 0 unspecified atom stereocenters. The number of aromatic nitrogens is 2. The van der Waals surface area contributed by atoms with Crippen molar-refractivity contribution in [2.24, 2.45) is 0 Å². The molecule has 138 valence electrons. The summed E-state index contributed by atoms with van der Waals surface area (Å²) in [6.45, 7) is 0.201. The van der Waals surface area contributed by atoms with Crippen LogP contribution in [0.4, 0.5) is 5.69 Å². The van der Waals surface area contributed by atoms with Crippen molar-refractivity contribution >= 4 is 50.9 Å². The summed E-state index contributed by atoms with van der Waals surface area (Å²) in [6.07, 6.45) is 0. The van der Waals surface area contributed by atoms with Gasteiger partial charge < -0.3 is 15.2 Å². The molecule has 6 heteroatoms. The lowest BCUT2D eigenvalue weighted by Crippen LogP contribution is -2.21. The molecule has 0 atom stereocenters. The minimum Gasteiger partial charge on any atom is -0.372 e. The van der Waals surface area contributed by atoms with Gasteiger partial charge in [0.05, 0.1) is 22.6 Å². The van der Waals surface area contributed by atoms with Gasteiger partial charge in [0, 0.05) is 5.69 Å². The molecule has 1 aromatic heterocycles. The van der Waals surface area contributed by atoms with Crippen molar-refractivity contribution < 1.29 is 4.79 Å². The van der Waals surface area contributed by atoms with E-state index in [4.69, 9.17) is 4.98 Å². The number of para-hydroxylation sites is 2. The third-order valence-electron chi connectivity index (χ3n) is 4.78. The number of fused-ring (bicyclic) bond motifs is 2. The van der Waals surface area contributed by atoms with Crippen molar-refractivity contribution in [3.8, 4) is 0 Å². The molecule has 0 bridgehead atoms. The van der Waals surface area contributed by atoms with Gasteiger partial charge in [-0.2, -0.15) is 0 Å². The fourth-order valence-corrected chi connectivity index (χ4v) is 4.15. The summed E-state index contributed by atoms with van der Waals surface area (Å²) in [5.74, 6) is 1.53. The average Bonchev–Trinajstić information content (AvgIpc) is 3.36. The molecule has 0 saturated heterocycles.